The van der Waals surface area contributed by atoms with E-state index < -0.39 is 0 Å². The van der Waals surface area contributed by atoms with Crippen molar-refractivity contribution in [3.63, 3.8) is 0 Å². The highest BCUT2D eigenvalue weighted by Crippen LogP contribution is 2.17. The largest absolute Gasteiger partial charge is 0.489 e. The van der Waals surface area contributed by atoms with Gasteiger partial charge >= 0.3 is 0 Å². The van der Waals surface area contributed by atoms with Crippen LogP contribution in [0.4, 0.5) is 5.69 Å². The van der Waals surface area contributed by atoms with Gasteiger partial charge in [-0.25, -0.2) is 0 Å². The first-order valence-corrected chi connectivity index (χ1v) is 9.81. The summed E-state index contributed by atoms with van der Waals surface area (Å²) < 4.78 is 5.69. The molecule has 0 atom stereocenters. The SMILES string of the molecule is C=CCOc1ccccc1CNC(=NC)NCc1cccc(NC(=O)CN(C)C)c1. The average Bonchev–Trinajstić information content (AvgIpc) is 2.72. The van der Waals surface area contributed by atoms with Crippen LogP contribution < -0.4 is 20.7 Å². The lowest BCUT2D eigenvalue weighted by molar-refractivity contribution is -0.116. The maximum Gasteiger partial charge on any atom is 0.238 e. The predicted octanol–water partition coefficient (Wildman–Crippen LogP) is 2.62. The van der Waals surface area contributed by atoms with Gasteiger partial charge in [0.15, 0.2) is 5.96 Å². The summed E-state index contributed by atoms with van der Waals surface area (Å²) in [7, 11) is 5.46. The molecule has 0 unspecified atom stereocenters. The van der Waals surface area contributed by atoms with Crippen LogP contribution in [0.15, 0.2) is 66.2 Å². The number of ether oxygens (including phenoxy) is 1. The van der Waals surface area contributed by atoms with Gasteiger partial charge in [-0.05, 0) is 37.9 Å². The number of anilines is 1. The molecular weight excluding hydrogens is 378 g/mol. The molecule has 2 rings (SSSR count). The molecule has 0 spiro atoms. The van der Waals surface area contributed by atoms with Crippen LogP contribution in [0.1, 0.15) is 11.1 Å². The molecular formula is C23H31N5O2. The van der Waals surface area contributed by atoms with Crippen LogP contribution in [-0.2, 0) is 17.9 Å². The molecule has 30 heavy (non-hydrogen) atoms. The van der Waals surface area contributed by atoms with Crippen molar-refractivity contribution in [3.8, 4) is 5.75 Å². The van der Waals surface area contributed by atoms with Gasteiger partial charge in [-0.3, -0.25) is 9.79 Å². The Labute approximate surface area is 178 Å². The first kappa shape index (κ1) is 23.0. The molecule has 0 aromatic heterocycles. The van der Waals surface area contributed by atoms with E-state index >= 15 is 0 Å². The number of carbonyl (C=O) groups excluding carboxylic acids is 1. The van der Waals surface area contributed by atoms with Gasteiger partial charge in [-0.15, -0.1) is 0 Å². The number of guanidine groups is 1. The van der Waals surface area contributed by atoms with Crippen molar-refractivity contribution in [1.29, 1.82) is 0 Å². The number of para-hydroxylation sites is 1. The average molecular weight is 410 g/mol. The van der Waals surface area contributed by atoms with Gasteiger partial charge in [0.2, 0.25) is 5.91 Å². The predicted molar refractivity (Wildman–Crippen MR) is 123 cm³/mol. The molecule has 160 valence electrons. The van der Waals surface area contributed by atoms with Crippen molar-refractivity contribution in [2.24, 2.45) is 4.99 Å². The molecule has 3 N–H and O–H groups in total. The fourth-order valence-electron chi connectivity index (χ4n) is 2.77. The van der Waals surface area contributed by atoms with Gasteiger partial charge in [0.25, 0.3) is 0 Å². The molecule has 0 heterocycles. The number of hydrogen-bond donors (Lipinski definition) is 3. The van der Waals surface area contributed by atoms with E-state index in [2.05, 4.69) is 27.5 Å². The van der Waals surface area contributed by atoms with E-state index in [0.717, 1.165) is 22.6 Å². The smallest absolute Gasteiger partial charge is 0.238 e. The van der Waals surface area contributed by atoms with Crippen LogP contribution in [0.2, 0.25) is 0 Å². The van der Waals surface area contributed by atoms with Gasteiger partial charge in [-0.1, -0.05) is 43.0 Å². The van der Waals surface area contributed by atoms with E-state index in [4.69, 9.17) is 4.74 Å². The number of nitrogens with one attached hydrogen (secondary N) is 3. The van der Waals surface area contributed by atoms with E-state index in [9.17, 15) is 4.79 Å². The molecule has 0 saturated heterocycles. The number of nitrogens with zero attached hydrogens (tertiary/aromatic N) is 2. The molecule has 7 nitrogen and oxygen atoms in total. The van der Waals surface area contributed by atoms with Crippen LogP contribution in [0.5, 0.6) is 5.75 Å². The lowest BCUT2D eigenvalue weighted by atomic mass is 10.2. The minimum atomic E-state index is -0.0417. The Kier molecular flexibility index (Phi) is 9.40. The monoisotopic (exact) mass is 409 g/mol. The summed E-state index contributed by atoms with van der Waals surface area (Å²) in [5.41, 5.74) is 2.85. The molecule has 1 amide bonds. The second kappa shape index (κ2) is 12.3. The Bertz CT molecular complexity index is 864. The third-order valence-electron chi connectivity index (χ3n) is 4.13. The highest BCUT2D eigenvalue weighted by atomic mass is 16.5. The van der Waals surface area contributed by atoms with Crippen molar-refractivity contribution in [2.45, 2.75) is 13.1 Å². The fraction of sp³-hybridized carbons (Fsp3) is 0.304. The van der Waals surface area contributed by atoms with E-state index in [0.29, 0.717) is 32.2 Å². The normalized spacial score (nSPS) is 11.1. The molecule has 0 aliphatic heterocycles. The summed E-state index contributed by atoms with van der Waals surface area (Å²) >= 11 is 0. The van der Waals surface area contributed by atoms with Crippen LogP contribution >= 0.6 is 0 Å². The topological polar surface area (TPSA) is 78.0 Å². The summed E-state index contributed by atoms with van der Waals surface area (Å²) in [6.07, 6.45) is 1.72. The van der Waals surface area contributed by atoms with Crippen molar-refractivity contribution in [1.82, 2.24) is 15.5 Å². The van der Waals surface area contributed by atoms with Gasteiger partial charge in [0.1, 0.15) is 12.4 Å². The Hall–Kier alpha value is -3.32. The standard InChI is InChI=1S/C23H31N5O2/c1-5-13-30-21-12-7-6-10-19(21)16-26-23(24-2)25-15-18-9-8-11-20(14-18)27-22(29)17-28(3)4/h5-12,14H,1,13,15-17H2,2-4H3,(H,27,29)(H2,24,25,26). The van der Waals surface area contributed by atoms with E-state index in [1.807, 2.05) is 67.5 Å². The molecule has 2 aromatic rings. The van der Waals surface area contributed by atoms with Crippen molar-refractivity contribution in [3.05, 3.63) is 72.3 Å². The lowest BCUT2D eigenvalue weighted by Gasteiger charge is -2.15. The maximum absolute atomic E-state index is 11.9. The summed E-state index contributed by atoms with van der Waals surface area (Å²) in [6.45, 7) is 5.65. The lowest BCUT2D eigenvalue weighted by Crippen LogP contribution is -2.36. The van der Waals surface area contributed by atoms with Crippen LogP contribution in [-0.4, -0.2) is 51.1 Å². The molecule has 0 saturated carbocycles. The zero-order valence-corrected chi connectivity index (χ0v) is 17.9. The quantitative estimate of drug-likeness (QED) is 0.319. The van der Waals surface area contributed by atoms with E-state index in [-0.39, 0.29) is 5.91 Å². The van der Waals surface area contributed by atoms with Crippen molar-refractivity contribution in [2.75, 3.05) is 39.6 Å². The Morgan fingerprint density at radius 2 is 1.90 bits per heavy atom. The number of carbonyl (C=O) groups is 1. The van der Waals surface area contributed by atoms with Crippen molar-refractivity contribution < 1.29 is 9.53 Å². The zero-order chi connectivity index (χ0) is 21.8. The molecule has 0 aliphatic rings. The number of rotatable bonds is 10. The minimum absolute atomic E-state index is 0.0417. The molecule has 0 radical (unpaired) electrons. The minimum Gasteiger partial charge on any atom is -0.489 e. The highest BCUT2D eigenvalue weighted by Gasteiger charge is 2.06. The number of aliphatic imine (C=N–C) groups is 1. The van der Waals surface area contributed by atoms with Gasteiger partial charge in [0.05, 0.1) is 6.54 Å². The summed E-state index contributed by atoms with van der Waals surface area (Å²) in [4.78, 5) is 18.1. The maximum atomic E-state index is 11.9. The fourth-order valence-corrected chi connectivity index (χ4v) is 2.77. The van der Waals surface area contributed by atoms with Crippen LogP contribution in [0.25, 0.3) is 0 Å². The first-order valence-electron chi connectivity index (χ1n) is 9.81. The van der Waals surface area contributed by atoms with E-state index in [1.165, 1.54) is 0 Å². The van der Waals surface area contributed by atoms with Gasteiger partial charge < -0.3 is 25.6 Å². The second-order valence-electron chi connectivity index (χ2n) is 6.97. The zero-order valence-electron chi connectivity index (χ0n) is 17.9. The van der Waals surface area contributed by atoms with Crippen LogP contribution in [0.3, 0.4) is 0 Å². The Balaban J connectivity index is 1.90. The van der Waals surface area contributed by atoms with Crippen molar-refractivity contribution >= 4 is 17.6 Å². The number of hydrogen-bond acceptors (Lipinski definition) is 4. The summed E-state index contributed by atoms with van der Waals surface area (Å²) in [5.74, 6) is 1.46. The molecule has 0 bridgehead atoms. The van der Waals surface area contributed by atoms with Crippen LogP contribution in [0, 0.1) is 0 Å². The molecule has 2 aromatic carbocycles. The molecule has 0 fully saturated rings. The van der Waals surface area contributed by atoms with Gasteiger partial charge in [0, 0.05) is 31.4 Å². The third-order valence-corrected chi connectivity index (χ3v) is 4.13. The summed E-state index contributed by atoms with van der Waals surface area (Å²) in [5, 5.41) is 9.50. The van der Waals surface area contributed by atoms with E-state index in [1.54, 1.807) is 13.1 Å². The number of amides is 1. The third kappa shape index (κ3) is 7.97. The second-order valence-corrected chi connectivity index (χ2v) is 6.97. The number of benzene rings is 2. The highest BCUT2D eigenvalue weighted by molar-refractivity contribution is 5.92. The molecule has 0 aliphatic carbocycles. The first-order chi connectivity index (χ1) is 14.5. The summed E-state index contributed by atoms with van der Waals surface area (Å²) in [6, 6.07) is 15.6. The van der Waals surface area contributed by atoms with Gasteiger partial charge in [-0.2, -0.15) is 0 Å². The number of likely N-dealkylation sites (N-methyl/N-ethyl adjacent to an activating group) is 1. The molecule has 7 heteroatoms. The Morgan fingerprint density at radius 3 is 2.63 bits per heavy atom. The Morgan fingerprint density at radius 1 is 1.13 bits per heavy atom.